The number of anilines is 3. The second kappa shape index (κ2) is 7.23. The molecule has 2 aromatic rings. The molecule has 122 valence electrons. The van der Waals surface area contributed by atoms with Gasteiger partial charge >= 0.3 is 0 Å². The summed E-state index contributed by atoms with van der Waals surface area (Å²) in [7, 11) is 0. The van der Waals surface area contributed by atoms with Crippen molar-refractivity contribution < 1.29 is 9.59 Å². The van der Waals surface area contributed by atoms with Crippen molar-refractivity contribution >= 4 is 39.7 Å². The molecular formula is C16H20N4O2S. The molecule has 0 aliphatic heterocycles. The van der Waals surface area contributed by atoms with E-state index < -0.39 is 0 Å². The van der Waals surface area contributed by atoms with Gasteiger partial charge in [-0.25, -0.2) is 4.98 Å². The average molecular weight is 332 g/mol. The lowest BCUT2D eigenvalue weighted by atomic mass is 10.1. The summed E-state index contributed by atoms with van der Waals surface area (Å²) >= 11 is 1.31. The molecule has 0 saturated carbocycles. The molecule has 0 saturated heterocycles. The molecule has 1 heterocycles. The molecule has 0 bridgehead atoms. The minimum absolute atomic E-state index is 0.0919. The molecule has 1 aromatic carbocycles. The van der Waals surface area contributed by atoms with E-state index in [1.54, 1.807) is 17.5 Å². The Morgan fingerprint density at radius 2 is 2.04 bits per heavy atom. The van der Waals surface area contributed by atoms with Crippen molar-refractivity contribution in [1.29, 1.82) is 0 Å². The van der Waals surface area contributed by atoms with E-state index in [2.05, 4.69) is 15.6 Å². The minimum Gasteiger partial charge on any atom is -0.399 e. The van der Waals surface area contributed by atoms with Crippen molar-refractivity contribution in [3.05, 3.63) is 34.8 Å². The van der Waals surface area contributed by atoms with Crippen LogP contribution in [-0.2, 0) is 16.0 Å². The van der Waals surface area contributed by atoms with Crippen molar-refractivity contribution in [2.45, 2.75) is 27.2 Å². The van der Waals surface area contributed by atoms with Gasteiger partial charge in [0.15, 0.2) is 5.13 Å². The highest BCUT2D eigenvalue weighted by Gasteiger charge is 2.12. The van der Waals surface area contributed by atoms with Gasteiger partial charge in [-0.15, -0.1) is 11.3 Å². The number of rotatable bonds is 5. The van der Waals surface area contributed by atoms with Crippen molar-refractivity contribution in [2.75, 3.05) is 16.4 Å². The van der Waals surface area contributed by atoms with Crippen LogP contribution >= 0.6 is 11.3 Å². The normalized spacial score (nSPS) is 10.6. The van der Waals surface area contributed by atoms with E-state index in [1.165, 1.54) is 11.3 Å². The van der Waals surface area contributed by atoms with Crippen LogP contribution in [0.2, 0.25) is 0 Å². The van der Waals surface area contributed by atoms with E-state index in [4.69, 9.17) is 5.73 Å². The van der Waals surface area contributed by atoms with E-state index in [0.717, 1.165) is 5.56 Å². The molecule has 0 aliphatic carbocycles. The van der Waals surface area contributed by atoms with Crippen molar-refractivity contribution in [1.82, 2.24) is 4.98 Å². The third-order valence-corrected chi connectivity index (χ3v) is 3.99. The highest BCUT2D eigenvalue weighted by Crippen LogP contribution is 2.20. The number of nitrogens with two attached hydrogens (primary N) is 1. The first-order valence-corrected chi connectivity index (χ1v) is 8.14. The Morgan fingerprint density at radius 3 is 2.74 bits per heavy atom. The Labute approximate surface area is 139 Å². The lowest BCUT2D eigenvalue weighted by Gasteiger charge is -2.08. The summed E-state index contributed by atoms with van der Waals surface area (Å²) < 4.78 is 0. The fraction of sp³-hybridized carbons (Fsp3) is 0.312. The minimum atomic E-state index is -0.175. The molecule has 6 nitrogen and oxygen atoms in total. The summed E-state index contributed by atoms with van der Waals surface area (Å²) in [5, 5.41) is 7.82. The Bertz CT molecular complexity index is 725. The number of hydrogen-bond donors (Lipinski definition) is 3. The predicted molar refractivity (Wildman–Crippen MR) is 93.5 cm³/mol. The number of thiazole rings is 1. The zero-order chi connectivity index (χ0) is 17.0. The number of carbonyl (C=O) groups is 2. The molecular weight excluding hydrogens is 312 g/mol. The number of nitrogens with one attached hydrogen (secondary N) is 2. The van der Waals surface area contributed by atoms with E-state index in [0.29, 0.717) is 22.2 Å². The van der Waals surface area contributed by atoms with E-state index in [-0.39, 0.29) is 24.2 Å². The summed E-state index contributed by atoms with van der Waals surface area (Å²) in [6.07, 6.45) is 0.141. The van der Waals surface area contributed by atoms with Gasteiger partial charge in [-0.1, -0.05) is 19.9 Å². The number of nitrogens with zero attached hydrogens (tertiary/aromatic N) is 1. The van der Waals surface area contributed by atoms with E-state index >= 15 is 0 Å². The maximum Gasteiger partial charge on any atom is 0.230 e. The van der Waals surface area contributed by atoms with Gasteiger partial charge in [0, 0.05) is 22.7 Å². The molecule has 0 fully saturated rings. The fourth-order valence-corrected chi connectivity index (χ4v) is 2.54. The Balaban J connectivity index is 1.97. The fourth-order valence-electron chi connectivity index (χ4n) is 1.83. The summed E-state index contributed by atoms with van der Waals surface area (Å²) in [5.74, 6) is -0.381. The molecule has 0 aliphatic rings. The Morgan fingerprint density at radius 1 is 1.30 bits per heavy atom. The number of hydrogen-bond acceptors (Lipinski definition) is 5. The zero-order valence-electron chi connectivity index (χ0n) is 13.3. The lowest BCUT2D eigenvalue weighted by Crippen LogP contribution is -2.18. The molecule has 0 unspecified atom stereocenters. The molecule has 4 N–H and O–H groups in total. The molecule has 0 atom stereocenters. The molecule has 23 heavy (non-hydrogen) atoms. The van der Waals surface area contributed by atoms with Crippen LogP contribution in [0.4, 0.5) is 16.5 Å². The summed E-state index contributed by atoms with van der Waals surface area (Å²) in [6, 6.07) is 5.37. The first kappa shape index (κ1) is 17.0. The maximum atomic E-state index is 12.1. The first-order chi connectivity index (χ1) is 10.8. The zero-order valence-corrected chi connectivity index (χ0v) is 14.2. The molecule has 2 amide bonds. The molecule has 1 aromatic heterocycles. The smallest absolute Gasteiger partial charge is 0.230 e. The number of carbonyl (C=O) groups excluding carboxylic acids is 2. The lowest BCUT2D eigenvalue weighted by molar-refractivity contribution is -0.119. The summed E-state index contributed by atoms with van der Waals surface area (Å²) in [5.41, 5.74) is 8.58. The van der Waals surface area contributed by atoms with Crippen LogP contribution in [0.3, 0.4) is 0 Å². The van der Waals surface area contributed by atoms with Gasteiger partial charge in [0.05, 0.1) is 12.1 Å². The third-order valence-electron chi connectivity index (χ3n) is 3.18. The van der Waals surface area contributed by atoms with Crippen molar-refractivity contribution in [3.63, 3.8) is 0 Å². The molecule has 2 rings (SSSR count). The third kappa shape index (κ3) is 4.79. The van der Waals surface area contributed by atoms with E-state index in [9.17, 15) is 9.59 Å². The van der Waals surface area contributed by atoms with Crippen molar-refractivity contribution in [3.8, 4) is 0 Å². The Hall–Kier alpha value is -2.41. The van der Waals surface area contributed by atoms with Gasteiger partial charge in [0.1, 0.15) is 0 Å². The second-order valence-corrected chi connectivity index (χ2v) is 6.45. The first-order valence-electron chi connectivity index (χ1n) is 7.26. The standard InChI is InChI=1S/C16H20N4O2S/c1-9(2)15(22)20-16-18-12(8-23-16)7-14(21)19-13-6-11(17)5-4-10(13)3/h4-6,8-9H,7,17H2,1-3H3,(H,19,21)(H,18,20,22). The Kier molecular flexibility index (Phi) is 5.33. The largest absolute Gasteiger partial charge is 0.399 e. The number of nitrogen functional groups attached to an aromatic ring is 1. The van der Waals surface area contributed by atoms with Crippen LogP contribution in [0.15, 0.2) is 23.6 Å². The van der Waals surface area contributed by atoms with Gasteiger partial charge < -0.3 is 16.4 Å². The predicted octanol–water partition coefficient (Wildman–Crippen LogP) is 2.81. The quantitative estimate of drug-likeness (QED) is 0.733. The SMILES string of the molecule is Cc1ccc(N)cc1NC(=O)Cc1csc(NC(=O)C(C)C)n1. The second-order valence-electron chi connectivity index (χ2n) is 5.59. The number of amides is 2. The van der Waals surface area contributed by atoms with Gasteiger partial charge in [-0.2, -0.15) is 0 Å². The number of aryl methyl sites for hydroxylation is 1. The average Bonchev–Trinajstić information content (AvgIpc) is 2.89. The number of benzene rings is 1. The summed E-state index contributed by atoms with van der Waals surface area (Å²) in [6.45, 7) is 5.52. The van der Waals surface area contributed by atoms with Gasteiger partial charge in [-0.05, 0) is 24.6 Å². The maximum absolute atomic E-state index is 12.1. The highest BCUT2D eigenvalue weighted by molar-refractivity contribution is 7.13. The van der Waals surface area contributed by atoms with Gasteiger partial charge in [-0.3, -0.25) is 9.59 Å². The molecule has 0 spiro atoms. The van der Waals surface area contributed by atoms with Crippen LogP contribution in [-0.4, -0.2) is 16.8 Å². The topological polar surface area (TPSA) is 97.1 Å². The van der Waals surface area contributed by atoms with Gasteiger partial charge in [0.2, 0.25) is 11.8 Å². The highest BCUT2D eigenvalue weighted by atomic mass is 32.1. The van der Waals surface area contributed by atoms with Gasteiger partial charge in [0.25, 0.3) is 0 Å². The van der Waals surface area contributed by atoms with Crippen LogP contribution in [0.25, 0.3) is 0 Å². The van der Waals surface area contributed by atoms with Crippen LogP contribution in [0.1, 0.15) is 25.1 Å². The molecule has 0 radical (unpaired) electrons. The van der Waals surface area contributed by atoms with Crippen LogP contribution < -0.4 is 16.4 Å². The van der Waals surface area contributed by atoms with E-state index in [1.807, 2.05) is 26.8 Å². The number of aromatic nitrogens is 1. The van der Waals surface area contributed by atoms with Crippen molar-refractivity contribution in [2.24, 2.45) is 5.92 Å². The van der Waals surface area contributed by atoms with Crippen LogP contribution in [0.5, 0.6) is 0 Å². The molecule has 7 heteroatoms. The van der Waals surface area contributed by atoms with Crippen LogP contribution in [0, 0.1) is 12.8 Å². The summed E-state index contributed by atoms with van der Waals surface area (Å²) in [4.78, 5) is 28.0. The monoisotopic (exact) mass is 332 g/mol.